The summed E-state index contributed by atoms with van der Waals surface area (Å²) in [6, 6.07) is 7.53. The molecule has 9 heteroatoms. The van der Waals surface area contributed by atoms with Gasteiger partial charge in [-0.15, -0.1) is 0 Å². The first-order chi connectivity index (χ1) is 15.9. The Morgan fingerprint density at radius 3 is 2.42 bits per heavy atom. The summed E-state index contributed by atoms with van der Waals surface area (Å²) in [6.45, 7) is 7.04. The first-order valence-corrected chi connectivity index (χ1v) is 10.7. The Labute approximate surface area is 192 Å². The molecular weight excluding hydrogens is 428 g/mol. The first kappa shape index (κ1) is 24.0. The van der Waals surface area contributed by atoms with Crippen LogP contribution in [0.1, 0.15) is 24.4 Å². The van der Waals surface area contributed by atoms with E-state index in [-0.39, 0.29) is 25.6 Å². The summed E-state index contributed by atoms with van der Waals surface area (Å²) in [6.07, 6.45) is 2.86. The van der Waals surface area contributed by atoms with E-state index in [9.17, 15) is 19.2 Å². The molecule has 5 atom stereocenters. The fraction of sp³-hybridized carbons (Fsp3) is 0.417. The number of carbonyl (C=O) groups is 4. The third kappa shape index (κ3) is 4.92. The van der Waals surface area contributed by atoms with Crippen LogP contribution >= 0.6 is 0 Å². The lowest BCUT2D eigenvalue weighted by molar-refractivity contribution is -0.148. The minimum absolute atomic E-state index is 0.0444. The van der Waals surface area contributed by atoms with Crippen LogP contribution in [0.15, 0.2) is 55.6 Å². The lowest BCUT2D eigenvalue weighted by atomic mass is 9.88. The number of amides is 2. The van der Waals surface area contributed by atoms with Crippen LogP contribution in [-0.2, 0) is 28.6 Å². The molecule has 3 rings (SSSR count). The van der Waals surface area contributed by atoms with Gasteiger partial charge < -0.3 is 24.8 Å². The Morgan fingerprint density at radius 1 is 1.12 bits per heavy atom. The standard InChI is InChI=1S/C24H28N2O7/c1-4-13-32-20(27)17-16-11-12-24(18(16)17,26-23(30)33-14-5-2)22(29)25-19(21(28)31-3)15-9-7-6-8-10-15/h4-10,16-19H,1-2,11-14H2,3H3,(H,25,29)(H,26,30)/t16-,17-,18-,19-,24-/m0/s1. The van der Waals surface area contributed by atoms with E-state index < -0.39 is 47.4 Å². The summed E-state index contributed by atoms with van der Waals surface area (Å²) < 4.78 is 15.1. The number of nitrogens with one attached hydrogen (secondary N) is 2. The second-order valence-corrected chi connectivity index (χ2v) is 8.00. The van der Waals surface area contributed by atoms with Gasteiger partial charge in [0.05, 0.1) is 13.0 Å². The Morgan fingerprint density at radius 2 is 1.79 bits per heavy atom. The van der Waals surface area contributed by atoms with E-state index in [1.54, 1.807) is 30.3 Å². The lowest BCUT2D eigenvalue weighted by Crippen LogP contribution is -2.61. The molecule has 2 aliphatic rings. The first-order valence-electron chi connectivity index (χ1n) is 10.7. The highest BCUT2D eigenvalue weighted by atomic mass is 16.5. The van der Waals surface area contributed by atoms with Gasteiger partial charge in [0.1, 0.15) is 18.8 Å². The van der Waals surface area contributed by atoms with Gasteiger partial charge in [0.15, 0.2) is 6.04 Å². The fourth-order valence-corrected chi connectivity index (χ4v) is 4.65. The summed E-state index contributed by atoms with van der Waals surface area (Å²) in [5, 5.41) is 5.39. The van der Waals surface area contributed by atoms with Crippen molar-refractivity contribution in [3.8, 4) is 0 Å². The van der Waals surface area contributed by atoms with Gasteiger partial charge in [-0.2, -0.15) is 0 Å². The maximum Gasteiger partial charge on any atom is 0.408 e. The van der Waals surface area contributed by atoms with Crippen molar-refractivity contribution in [1.29, 1.82) is 0 Å². The highest BCUT2D eigenvalue weighted by Crippen LogP contribution is 2.63. The van der Waals surface area contributed by atoms with E-state index in [0.717, 1.165) is 0 Å². The molecule has 2 saturated carbocycles. The predicted octanol–water partition coefficient (Wildman–Crippen LogP) is 2.05. The molecular formula is C24H28N2O7. The Kier molecular flexibility index (Phi) is 7.52. The quantitative estimate of drug-likeness (QED) is 0.314. The SMILES string of the molecule is C=CCOC(=O)N[C@@]1(C(=O)N[C@H](C(=O)OC)c2ccccc2)CC[C@H]2[C@H](C(=O)OCC=C)[C@H]21. The number of esters is 2. The van der Waals surface area contributed by atoms with E-state index in [1.807, 2.05) is 0 Å². The van der Waals surface area contributed by atoms with Crippen LogP contribution in [0.5, 0.6) is 0 Å². The van der Waals surface area contributed by atoms with Crippen LogP contribution in [0.3, 0.4) is 0 Å². The number of hydrogen-bond acceptors (Lipinski definition) is 7. The number of carbonyl (C=O) groups excluding carboxylic acids is 4. The monoisotopic (exact) mass is 456 g/mol. The molecule has 0 heterocycles. The minimum atomic E-state index is -1.44. The molecule has 9 nitrogen and oxygen atoms in total. The van der Waals surface area contributed by atoms with Gasteiger partial charge in [-0.05, 0) is 24.3 Å². The molecule has 1 aromatic rings. The zero-order chi connectivity index (χ0) is 24.0. The summed E-state index contributed by atoms with van der Waals surface area (Å²) in [5.74, 6) is -2.86. The molecule has 2 fully saturated rings. The van der Waals surface area contributed by atoms with E-state index >= 15 is 0 Å². The highest BCUT2D eigenvalue weighted by Gasteiger charge is 2.72. The number of ether oxygens (including phenoxy) is 3. The lowest BCUT2D eigenvalue weighted by Gasteiger charge is -2.33. The summed E-state index contributed by atoms with van der Waals surface area (Å²) in [7, 11) is 1.23. The van der Waals surface area contributed by atoms with Gasteiger partial charge in [0, 0.05) is 5.92 Å². The molecule has 2 N–H and O–H groups in total. The average Bonchev–Trinajstić information content (AvgIpc) is 3.46. The van der Waals surface area contributed by atoms with Crippen molar-refractivity contribution >= 4 is 23.9 Å². The van der Waals surface area contributed by atoms with Gasteiger partial charge in [0.2, 0.25) is 5.91 Å². The van der Waals surface area contributed by atoms with Gasteiger partial charge in [0.25, 0.3) is 0 Å². The van der Waals surface area contributed by atoms with Crippen molar-refractivity contribution in [2.24, 2.45) is 17.8 Å². The number of fused-ring (bicyclic) bond motifs is 1. The van der Waals surface area contributed by atoms with Gasteiger partial charge >= 0.3 is 18.0 Å². The third-order valence-electron chi connectivity index (χ3n) is 6.13. The number of benzene rings is 1. The van der Waals surface area contributed by atoms with E-state index in [0.29, 0.717) is 12.0 Å². The molecule has 0 saturated heterocycles. The molecule has 0 aromatic heterocycles. The topological polar surface area (TPSA) is 120 Å². The maximum atomic E-state index is 13.6. The molecule has 1 aromatic carbocycles. The molecule has 0 radical (unpaired) electrons. The third-order valence-corrected chi connectivity index (χ3v) is 6.13. The zero-order valence-corrected chi connectivity index (χ0v) is 18.5. The predicted molar refractivity (Wildman–Crippen MR) is 118 cm³/mol. The average molecular weight is 456 g/mol. The van der Waals surface area contributed by atoms with Crippen molar-refractivity contribution in [2.45, 2.75) is 24.4 Å². The van der Waals surface area contributed by atoms with Crippen LogP contribution in [0.2, 0.25) is 0 Å². The number of hydrogen-bond donors (Lipinski definition) is 2. The van der Waals surface area contributed by atoms with Crippen LogP contribution in [-0.4, -0.2) is 49.8 Å². The minimum Gasteiger partial charge on any atom is -0.467 e. The number of alkyl carbamates (subject to hydrolysis) is 1. The maximum absolute atomic E-state index is 13.6. The van der Waals surface area contributed by atoms with Crippen molar-refractivity contribution in [2.75, 3.05) is 20.3 Å². The van der Waals surface area contributed by atoms with Gasteiger partial charge in [-0.1, -0.05) is 55.6 Å². The summed E-state index contributed by atoms with van der Waals surface area (Å²) in [5.41, 5.74) is -0.920. The fourth-order valence-electron chi connectivity index (χ4n) is 4.65. The second kappa shape index (κ2) is 10.3. The molecule has 0 bridgehead atoms. The molecule has 2 aliphatic carbocycles. The normalized spacial score (nSPS) is 25.5. The van der Waals surface area contributed by atoms with Crippen LogP contribution < -0.4 is 10.6 Å². The smallest absolute Gasteiger partial charge is 0.408 e. The van der Waals surface area contributed by atoms with Crippen molar-refractivity contribution in [3.63, 3.8) is 0 Å². The largest absolute Gasteiger partial charge is 0.467 e. The Bertz CT molecular complexity index is 932. The molecule has 2 amide bonds. The van der Waals surface area contributed by atoms with E-state index in [1.165, 1.54) is 19.3 Å². The molecule has 176 valence electrons. The number of methoxy groups -OCH3 is 1. The van der Waals surface area contributed by atoms with Gasteiger partial charge in [-0.3, -0.25) is 9.59 Å². The van der Waals surface area contributed by atoms with Crippen LogP contribution in [0.4, 0.5) is 4.79 Å². The van der Waals surface area contributed by atoms with Crippen LogP contribution in [0.25, 0.3) is 0 Å². The van der Waals surface area contributed by atoms with Gasteiger partial charge in [-0.25, -0.2) is 9.59 Å². The van der Waals surface area contributed by atoms with Crippen LogP contribution in [0, 0.1) is 17.8 Å². The second-order valence-electron chi connectivity index (χ2n) is 8.00. The van der Waals surface area contributed by atoms with Crippen molar-refractivity contribution < 1.29 is 33.4 Å². The number of rotatable bonds is 10. The molecule has 0 spiro atoms. The molecule has 33 heavy (non-hydrogen) atoms. The zero-order valence-electron chi connectivity index (χ0n) is 18.5. The van der Waals surface area contributed by atoms with E-state index in [2.05, 4.69) is 23.8 Å². The summed E-state index contributed by atoms with van der Waals surface area (Å²) >= 11 is 0. The van der Waals surface area contributed by atoms with Crippen molar-refractivity contribution in [1.82, 2.24) is 10.6 Å². The Hall–Kier alpha value is -3.62. The van der Waals surface area contributed by atoms with E-state index in [4.69, 9.17) is 14.2 Å². The molecule has 0 unspecified atom stereocenters. The molecule has 0 aliphatic heterocycles. The van der Waals surface area contributed by atoms with Crippen molar-refractivity contribution in [3.05, 3.63) is 61.2 Å². The Balaban J connectivity index is 1.87. The highest BCUT2D eigenvalue weighted by molar-refractivity contribution is 5.96. The summed E-state index contributed by atoms with van der Waals surface area (Å²) in [4.78, 5) is 51.0.